The van der Waals surface area contributed by atoms with Gasteiger partial charge in [0.25, 0.3) is 0 Å². The predicted octanol–water partition coefficient (Wildman–Crippen LogP) is 1.02. The van der Waals surface area contributed by atoms with Crippen LogP contribution in [0.1, 0.15) is 11.6 Å². The molecule has 2 heterocycles. The largest absolute Gasteiger partial charge is 0.453 e. The van der Waals surface area contributed by atoms with E-state index in [1.807, 2.05) is 30.5 Å². The van der Waals surface area contributed by atoms with E-state index in [1.54, 1.807) is 6.20 Å². The molecule has 2 N–H and O–H groups in total. The molecule has 0 radical (unpaired) electrons. The number of alkyl carbamates (subject to hydrolysis) is 1. The number of amides is 1. The minimum Gasteiger partial charge on any atom is -0.453 e. The van der Waals surface area contributed by atoms with Crippen molar-refractivity contribution < 1.29 is 18.8 Å². The van der Waals surface area contributed by atoms with Gasteiger partial charge in [-0.1, -0.05) is 0 Å². The number of quaternary nitrogens is 1. The topological polar surface area (TPSA) is 58.9 Å². The molecular formula is C19H24FN4O2+. The molecular weight excluding hydrogens is 335 g/mol. The van der Waals surface area contributed by atoms with Crippen LogP contribution in [0.4, 0.5) is 14.9 Å². The number of nitrogens with zero attached hydrogens (tertiary/aromatic N) is 2. The lowest BCUT2D eigenvalue weighted by Gasteiger charge is -2.37. The number of ether oxygens (including phenoxy) is 1. The van der Waals surface area contributed by atoms with Crippen LogP contribution in [-0.2, 0) is 4.74 Å². The SMILES string of the molecule is COC(=O)NCC(c1cccnc1)[NH+]1CCN(c2ccc(F)cc2)CC1. The second kappa shape index (κ2) is 8.62. The maximum absolute atomic E-state index is 13.1. The van der Waals surface area contributed by atoms with E-state index in [-0.39, 0.29) is 11.9 Å². The van der Waals surface area contributed by atoms with E-state index in [0.717, 1.165) is 37.4 Å². The van der Waals surface area contributed by atoms with Crippen molar-refractivity contribution in [1.29, 1.82) is 0 Å². The van der Waals surface area contributed by atoms with Crippen LogP contribution in [0.3, 0.4) is 0 Å². The van der Waals surface area contributed by atoms with E-state index in [0.29, 0.717) is 6.54 Å². The molecule has 2 aromatic rings. The number of benzene rings is 1. The molecule has 1 aromatic heterocycles. The van der Waals surface area contributed by atoms with Crippen molar-refractivity contribution in [3.8, 4) is 0 Å². The van der Waals surface area contributed by atoms with Gasteiger partial charge in [0.15, 0.2) is 0 Å². The minimum absolute atomic E-state index is 0.109. The van der Waals surface area contributed by atoms with Gasteiger partial charge in [-0.25, -0.2) is 9.18 Å². The third kappa shape index (κ3) is 4.49. The molecule has 1 saturated heterocycles. The van der Waals surface area contributed by atoms with Crippen molar-refractivity contribution >= 4 is 11.8 Å². The third-order valence-corrected chi connectivity index (χ3v) is 4.81. The monoisotopic (exact) mass is 359 g/mol. The van der Waals surface area contributed by atoms with Gasteiger partial charge in [0.05, 0.1) is 39.8 Å². The number of anilines is 1. The van der Waals surface area contributed by atoms with Gasteiger partial charge < -0.3 is 19.9 Å². The molecule has 1 atom stereocenters. The molecule has 0 saturated carbocycles. The zero-order chi connectivity index (χ0) is 18.4. The summed E-state index contributed by atoms with van der Waals surface area (Å²) in [4.78, 5) is 19.4. The highest BCUT2D eigenvalue weighted by Crippen LogP contribution is 2.15. The highest BCUT2D eigenvalue weighted by atomic mass is 19.1. The summed E-state index contributed by atoms with van der Waals surface area (Å²) in [5.41, 5.74) is 2.13. The van der Waals surface area contributed by atoms with Gasteiger partial charge in [0.1, 0.15) is 11.9 Å². The number of hydrogen-bond acceptors (Lipinski definition) is 4. The normalized spacial score (nSPS) is 16.2. The average Bonchev–Trinajstić information content (AvgIpc) is 2.70. The second-order valence-electron chi connectivity index (χ2n) is 6.33. The third-order valence-electron chi connectivity index (χ3n) is 4.81. The number of nitrogens with one attached hydrogen (secondary N) is 2. The molecule has 0 spiro atoms. The van der Waals surface area contributed by atoms with Crippen LogP contribution in [0, 0.1) is 5.82 Å². The number of piperazine rings is 1. The molecule has 1 aliphatic heterocycles. The number of rotatable bonds is 5. The van der Waals surface area contributed by atoms with Gasteiger partial charge in [-0.2, -0.15) is 0 Å². The van der Waals surface area contributed by atoms with Gasteiger partial charge in [-0.3, -0.25) is 4.98 Å². The molecule has 26 heavy (non-hydrogen) atoms. The maximum atomic E-state index is 13.1. The van der Waals surface area contributed by atoms with E-state index >= 15 is 0 Å². The summed E-state index contributed by atoms with van der Waals surface area (Å²) in [7, 11) is 1.36. The summed E-state index contributed by atoms with van der Waals surface area (Å²) in [6, 6.07) is 10.7. The lowest BCUT2D eigenvalue weighted by molar-refractivity contribution is -0.931. The zero-order valence-corrected chi connectivity index (χ0v) is 14.8. The van der Waals surface area contributed by atoms with Gasteiger partial charge in [0, 0.05) is 23.6 Å². The summed E-state index contributed by atoms with van der Waals surface area (Å²) in [6.45, 7) is 4.07. The Morgan fingerprint density at radius 1 is 1.31 bits per heavy atom. The highest BCUT2D eigenvalue weighted by Gasteiger charge is 2.29. The molecule has 1 aromatic carbocycles. The van der Waals surface area contributed by atoms with Gasteiger partial charge in [0.2, 0.25) is 0 Å². The summed E-state index contributed by atoms with van der Waals surface area (Å²) in [6.07, 6.45) is 3.17. The van der Waals surface area contributed by atoms with E-state index in [1.165, 1.54) is 24.1 Å². The molecule has 6 nitrogen and oxygen atoms in total. The minimum atomic E-state index is -0.428. The molecule has 1 aliphatic rings. The van der Waals surface area contributed by atoms with Crippen molar-refractivity contribution in [2.24, 2.45) is 0 Å². The number of hydrogen-bond donors (Lipinski definition) is 2. The van der Waals surface area contributed by atoms with Gasteiger partial charge >= 0.3 is 6.09 Å². The number of carbonyl (C=O) groups is 1. The van der Waals surface area contributed by atoms with Crippen molar-refractivity contribution in [1.82, 2.24) is 10.3 Å². The van der Waals surface area contributed by atoms with Crippen LogP contribution < -0.4 is 15.1 Å². The fourth-order valence-electron chi connectivity index (χ4n) is 3.39. The van der Waals surface area contributed by atoms with Crippen molar-refractivity contribution in [2.45, 2.75) is 6.04 Å². The first-order valence-electron chi connectivity index (χ1n) is 8.74. The van der Waals surface area contributed by atoms with E-state index in [2.05, 4.69) is 15.2 Å². The lowest BCUT2D eigenvalue weighted by Crippen LogP contribution is -3.15. The Labute approximate surface area is 152 Å². The summed E-state index contributed by atoms with van der Waals surface area (Å²) in [5.74, 6) is -0.219. The Balaban J connectivity index is 1.66. The highest BCUT2D eigenvalue weighted by molar-refractivity contribution is 5.66. The molecule has 3 rings (SSSR count). The van der Waals surface area contributed by atoms with Gasteiger partial charge in [-0.15, -0.1) is 0 Å². The van der Waals surface area contributed by atoms with Crippen LogP contribution >= 0.6 is 0 Å². The Kier molecular flexibility index (Phi) is 6.01. The Morgan fingerprint density at radius 3 is 2.65 bits per heavy atom. The predicted molar refractivity (Wildman–Crippen MR) is 96.7 cm³/mol. The molecule has 7 heteroatoms. The number of aromatic nitrogens is 1. The molecule has 138 valence electrons. The maximum Gasteiger partial charge on any atom is 0.407 e. The lowest BCUT2D eigenvalue weighted by atomic mass is 10.1. The summed E-state index contributed by atoms with van der Waals surface area (Å²) < 4.78 is 17.8. The number of carbonyl (C=O) groups excluding carboxylic acids is 1. The quantitative estimate of drug-likeness (QED) is 0.837. The van der Waals surface area contributed by atoms with Crippen LogP contribution in [0.15, 0.2) is 48.8 Å². The fraction of sp³-hybridized carbons (Fsp3) is 0.368. The second-order valence-corrected chi connectivity index (χ2v) is 6.33. The van der Waals surface area contributed by atoms with Crippen LogP contribution in [-0.4, -0.2) is 50.9 Å². The van der Waals surface area contributed by atoms with E-state index < -0.39 is 6.09 Å². The summed E-state index contributed by atoms with van der Waals surface area (Å²) in [5, 5.41) is 2.81. The van der Waals surface area contributed by atoms with Crippen molar-refractivity contribution in [3.63, 3.8) is 0 Å². The van der Waals surface area contributed by atoms with Crippen LogP contribution in [0.2, 0.25) is 0 Å². The number of pyridine rings is 1. The van der Waals surface area contributed by atoms with Crippen molar-refractivity contribution in [3.05, 3.63) is 60.2 Å². The Morgan fingerprint density at radius 2 is 2.04 bits per heavy atom. The summed E-state index contributed by atoms with van der Waals surface area (Å²) >= 11 is 0. The zero-order valence-electron chi connectivity index (χ0n) is 14.8. The average molecular weight is 359 g/mol. The Bertz CT molecular complexity index is 703. The standard InChI is InChI=1S/C19H23FN4O2/c1-26-19(25)22-14-18(15-3-2-8-21-13-15)24-11-9-23(10-12-24)17-6-4-16(20)5-7-17/h2-8,13,18H,9-12,14H2,1H3,(H,22,25)/p+1. The van der Waals surface area contributed by atoms with Crippen molar-refractivity contribution in [2.75, 3.05) is 44.7 Å². The smallest absolute Gasteiger partial charge is 0.407 e. The van der Waals surface area contributed by atoms with Crippen LogP contribution in [0.25, 0.3) is 0 Å². The molecule has 1 unspecified atom stereocenters. The van der Waals surface area contributed by atoms with E-state index in [4.69, 9.17) is 4.74 Å². The van der Waals surface area contributed by atoms with E-state index in [9.17, 15) is 9.18 Å². The number of methoxy groups -OCH3 is 1. The molecule has 1 amide bonds. The van der Waals surface area contributed by atoms with Crippen LogP contribution in [0.5, 0.6) is 0 Å². The number of halogens is 1. The molecule has 1 fully saturated rings. The van der Waals surface area contributed by atoms with Gasteiger partial charge in [-0.05, 0) is 36.4 Å². The molecule has 0 aliphatic carbocycles. The fourth-order valence-corrected chi connectivity index (χ4v) is 3.39. The first kappa shape index (κ1) is 18.1. The first-order chi connectivity index (χ1) is 12.7. The Hall–Kier alpha value is -2.67. The molecule has 0 bridgehead atoms. The first-order valence-corrected chi connectivity index (χ1v) is 8.74.